The summed E-state index contributed by atoms with van der Waals surface area (Å²) in [4.78, 5) is 21.6. The Balaban J connectivity index is 1.84. The summed E-state index contributed by atoms with van der Waals surface area (Å²) < 4.78 is 29.3. The summed E-state index contributed by atoms with van der Waals surface area (Å²) in [6.07, 6.45) is 4.74. The number of nitrogens with one attached hydrogen (secondary N) is 1. The Morgan fingerprint density at radius 1 is 1.24 bits per heavy atom. The average molecular weight is 362 g/mol. The minimum absolute atomic E-state index is 0.140. The van der Waals surface area contributed by atoms with Crippen molar-refractivity contribution in [3.63, 3.8) is 0 Å². The second-order valence-electron chi connectivity index (χ2n) is 6.03. The molecule has 1 aliphatic heterocycles. The van der Waals surface area contributed by atoms with Crippen molar-refractivity contribution < 1.29 is 13.6 Å². The number of halogens is 3. The number of aromatic amines is 1. The van der Waals surface area contributed by atoms with E-state index in [2.05, 4.69) is 9.97 Å². The molecule has 25 heavy (non-hydrogen) atoms. The molecule has 3 heterocycles. The van der Waals surface area contributed by atoms with E-state index in [1.54, 1.807) is 6.07 Å². The zero-order valence-electron chi connectivity index (χ0n) is 13.2. The molecule has 0 saturated carbocycles. The Labute approximate surface area is 147 Å². The van der Waals surface area contributed by atoms with Crippen LogP contribution in [0.1, 0.15) is 28.8 Å². The number of benzene rings is 1. The average Bonchev–Trinajstić information content (AvgIpc) is 3.24. The first kappa shape index (κ1) is 16.0. The Morgan fingerprint density at radius 2 is 2.00 bits per heavy atom. The highest BCUT2D eigenvalue weighted by atomic mass is 35.5. The van der Waals surface area contributed by atoms with Gasteiger partial charge in [0.15, 0.2) is 5.82 Å². The third-order valence-corrected chi connectivity index (χ3v) is 4.69. The van der Waals surface area contributed by atoms with Gasteiger partial charge in [0.05, 0.1) is 16.3 Å². The molecule has 7 heteroatoms. The maximum absolute atomic E-state index is 15.0. The van der Waals surface area contributed by atoms with E-state index in [4.69, 9.17) is 11.6 Å². The number of anilines is 1. The molecule has 0 atom stereocenters. The lowest BCUT2D eigenvalue weighted by Crippen LogP contribution is -2.21. The van der Waals surface area contributed by atoms with Crippen LogP contribution in [0, 0.1) is 11.6 Å². The van der Waals surface area contributed by atoms with Crippen LogP contribution in [-0.4, -0.2) is 28.8 Å². The minimum atomic E-state index is -0.880. The molecule has 0 unspecified atom stereocenters. The maximum Gasteiger partial charge on any atom is 0.201 e. The van der Waals surface area contributed by atoms with Crippen molar-refractivity contribution in [2.45, 2.75) is 12.8 Å². The number of nitrogens with zero attached hydrogens (tertiary/aromatic N) is 2. The monoisotopic (exact) mass is 361 g/mol. The highest BCUT2D eigenvalue weighted by Gasteiger charge is 2.27. The number of H-pyrrole nitrogens is 1. The van der Waals surface area contributed by atoms with E-state index in [9.17, 15) is 13.6 Å². The zero-order valence-corrected chi connectivity index (χ0v) is 13.9. The van der Waals surface area contributed by atoms with Gasteiger partial charge in [-0.25, -0.2) is 13.8 Å². The van der Waals surface area contributed by atoms with E-state index >= 15 is 0 Å². The SMILES string of the molecule is O=C(c1c(F)ccc(N2CCCC2)c1F)c1c[nH]c2ncc(Cl)cc12. The summed E-state index contributed by atoms with van der Waals surface area (Å²) in [6.45, 7) is 1.39. The second kappa shape index (κ2) is 6.11. The summed E-state index contributed by atoms with van der Waals surface area (Å²) in [5.41, 5.74) is 0.286. The summed E-state index contributed by atoms with van der Waals surface area (Å²) >= 11 is 5.93. The Kier molecular flexibility index (Phi) is 3.92. The van der Waals surface area contributed by atoms with Crippen LogP contribution in [0.4, 0.5) is 14.5 Å². The molecule has 1 aliphatic rings. The van der Waals surface area contributed by atoms with Gasteiger partial charge >= 0.3 is 0 Å². The highest BCUT2D eigenvalue weighted by Crippen LogP contribution is 2.30. The lowest BCUT2D eigenvalue weighted by molar-refractivity contribution is 0.103. The van der Waals surface area contributed by atoms with Gasteiger partial charge < -0.3 is 9.88 Å². The van der Waals surface area contributed by atoms with Crippen LogP contribution in [0.2, 0.25) is 5.02 Å². The molecule has 4 nitrogen and oxygen atoms in total. The van der Waals surface area contributed by atoms with E-state index in [1.807, 2.05) is 4.90 Å². The van der Waals surface area contributed by atoms with Gasteiger partial charge in [-0.3, -0.25) is 4.79 Å². The van der Waals surface area contributed by atoms with Gasteiger partial charge in [-0.1, -0.05) is 11.6 Å². The molecule has 0 aliphatic carbocycles. The molecule has 128 valence electrons. The van der Waals surface area contributed by atoms with E-state index in [0.29, 0.717) is 29.1 Å². The van der Waals surface area contributed by atoms with Crippen LogP contribution in [0.3, 0.4) is 0 Å². The van der Waals surface area contributed by atoms with Crippen molar-refractivity contribution >= 4 is 34.1 Å². The molecule has 0 amide bonds. The second-order valence-corrected chi connectivity index (χ2v) is 6.47. The Bertz CT molecular complexity index is 980. The van der Waals surface area contributed by atoms with E-state index in [-0.39, 0.29) is 11.3 Å². The number of pyridine rings is 1. The number of hydrogen-bond acceptors (Lipinski definition) is 3. The zero-order chi connectivity index (χ0) is 17.6. The first-order chi connectivity index (χ1) is 12.1. The number of rotatable bonds is 3. The van der Waals surface area contributed by atoms with Crippen LogP contribution in [0.15, 0.2) is 30.6 Å². The predicted molar refractivity (Wildman–Crippen MR) is 92.3 cm³/mol. The summed E-state index contributed by atoms with van der Waals surface area (Å²) in [6, 6.07) is 4.08. The molecular weight excluding hydrogens is 348 g/mol. The number of carbonyl (C=O) groups is 1. The number of fused-ring (bicyclic) bond motifs is 1. The predicted octanol–water partition coefficient (Wildman–Crippen LogP) is 4.33. The number of aromatic nitrogens is 2. The molecular formula is C18H14ClF2N3O. The van der Waals surface area contributed by atoms with Crippen LogP contribution < -0.4 is 4.90 Å². The smallest absolute Gasteiger partial charge is 0.201 e. The largest absolute Gasteiger partial charge is 0.369 e. The van der Waals surface area contributed by atoms with Gasteiger partial charge in [0.2, 0.25) is 5.78 Å². The first-order valence-electron chi connectivity index (χ1n) is 7.96. The molecule has 1 aromatic carbocycles. The number of ketones is 1. The Hall–Kier alpha value is -2.47. The molecule has 3 aromatic rings. The highest BCUT2D eigenvalue weighted by molar-refractivity contribution is 6.31. The van der Waals surface area contributed by atoms with Gasteiger partial charge in [0.1, 0.15) is 11.5 Å². The standard InChI is InChI=1S/C18H14ClF2N3O/c19-10-7-11-12(9-23-18(11)22-8-10)17(25)15-13(20)3-4-14(16(15)21)24-5-1-2-6-24/h3-4,7-9H,1-2,5-6H2,(H,22,23). The quantitative estimate of drug-likeness (QED) is 0.706. The molecule has 1 saturated heterocycles. The summed E-state index contributed by atoms with van der Waals surface area (Å²) in [5.74, 6) is -2.43. The molecule has 4 rings (SSSR count). The molecule has 1 fully saturated rings. The van der Waals surface area contributed by atoms with Gasteiger partial charge in [-0.2, -0.15) is 0 Å². The lowest BCUT2D eigenvalue weighted by Gasteiger charge is -2.19. The third kappa shape index (κ3) is 2.66. The molecule has 0 spiro atoms. The van der Waals surface area contributed by atoms with Crippen molar-refractivity contribution in [2.24, 2.45) is 0 Å². The van der Waals surface area contributed by atoms with Crippen molar-refractivity contribution in [3.05, 3.63) is 58.4 Å². The van der Waals surface area contributed by atoms with Crippen molar-refractivity contribution in [2.75, 3.05) is 18.0 Å². The van der Waals surface area contributed by atoms with Crippen LogP contribution >= 0.6 is 11.6 Å². The number of carbonyl (C=O) groups excluding carboxylic acids is 1. The normalized spacial score (nSPS) is 14.4. The fraction of sp³-hybridized carbons (Fsp3) is 0.222. The van der Waals surface area contributed by atoms with Gasteiger partial charge in [-0.05, 0) is 31.0 Å². The van der Waals surface area contributed by atoms with Gasteiger partial charge in [0.25, 0.3) is 0 Å². The minimum Gasteiger partial charge on any atom is -0.369 e. The number of hydrogen-bond donors (Lipinski definition) is 1. The summed E-state index contributed by atoms with van der Waals surface area (Å²) in [7, 11) is 0. The van der Waals surface area contributed by atoms with Crippen molar-refractivity contribution in [1.82, 2.24) is 9.97 Å². The van der Waals surface area contributed by atoms with Crippen molar-refractivity contribution in [3.8, 4) is 0 Å². The molecule has 1 N–H and O–H groups in total. The molecule has 0 radical (unpaired) electrons. The summed E-state index contributed by atoms with van der Waals surface area (Å²) in [5, 5.41) is 0.774. The van der Waals surface area contributed by atoms with Gasteiger partial charge in [-0.15, -0.1) is 0 Å². The first-order valence-corrected chi connectivity index (χ1v) is 8.34. The molecule has 0 bridgehead atoms. The lowest BCUT2D eigenvalue weighted by atomic mass is 10.0. The molecule has 2 aromatic heterocycles. The topological polar surface area (TPSA) is 49.0 Å². The fourth-order valence-electron chi connectivity index (χ4n) is 3.25. The van der Waals surface area contributed by atoms with E-state index < -0.39 is 23.0 Å². The van der Waals surface area contributed by atoms with E-state index in [1.165, 1.54) is 18.5 Å². The van der Waals surface area contributed by atoms with Crippen LogP contribution in [0.5, 0.6) is 0 Å². The van der Waals surface area contributed by atoms with Crippen molar-refractivity contribution in [1.29, 1.82) is 0 Å². The van der Waals surface area contributed by atoms with E-state index in [0.717, 1.165) is 18.9 Å². The van der Waals surface area contributed by atoms with Crippen LogP contribution in [0.25, 0.3) is 11.0 Å². The maximum atomic E-state index is 15.0. The van der Waals surface area contributed by atoms with Gasteiger partial charge in [0, 0.05) is 36.4 Å². The van der Waals surface area contributed by atoms with Crippen LogP contribution in [-0.2, 0) is 0 Å². The third-order valence-electron chi connectivity index (χ3n) is 4.49. The fourth-order valence-corrected chi connectivity index (χ4v) is 3.41. The Morgan fingerprint density at radius 3 is 2.76 bits per heavy atom.